The fourth-order valence-corrected chi connectivity index (χ4v) is 8.29. The Morgan fingerprint density at radius 1 is 0.906 bits per heavy atom. The zero-order valence-corrected chi connectivity index (χ0v) is 29.4. The molecule has 1 spiro atoms. The molecule has 10 nitrogen and oxygen atoms in total. The molecule has 5 aromatic rings. The lowest BCUT2D eigenvalue weighted by molar-refractivity contribution is -0.000511. The van der Waals surface area contributed by atoms with Gasteiger partial charge in [-0.15, -0.1) is 11.3 Å². The fraction of sp³-hybridized carbons (Fsp3) is 0.256. The van der Waals surface area contributed by atoms with Crippen LogP contribution in [0.5, 0.6) is 0 Å². The van der Waals surface area contributed by atoms with Gasteiger partial charge in [0, 0.05) is 74.0 Å². The number of hydrogen-bond donors (Lipinski definition) is 2. The number of aromatic nitrogens is 2. The van der Waals surface area contributed by atoms with Crippen LogP contribution in [-0.2, 0) is 11.2 Å². The van der Waals surface area contributed by atoms with Gasteiger partial charge in [0.25, 0.3) is 17.7 Å². The molecule has 2 saturated heterocycles. The Kier molecular flexibility index (Phi) is 8.95. The summed E-state index contributed by atoms with van der Waals surface area (Å²) >= 11 is 1.08. The summed E-state index contributed by atoms with van der Waals surface area (Å²) < 4.78 is 47.4. The fourth-order valence-electron chi connectivity index (χ4n) is 7.18. The highest BCUT2D eigenvalue weighted by Gasteiger charge is 2.45. The van der Waals surface area contributed by atoms with Crippen LogP contribution in [-0.4, -0.2) is 60.5 Å². The van der Waals surface area contributed by atoms with Crippen molar-refractivity contribution in [3.05, 3.63) is 118 Å². The zero-order chi connectivity index (χ0) is 36.9. The average molecular weight is 739 g/mol. The van der Waals surface area contributed by atoms with E-state index in [1.54, 1.807) is 59.8 Å². The molecule has 14 heteroatoms. The summed E-state index contributed by atoms with van der Waals surface area (Å²) in [6.45, 7) is 5.35. The van der Waals surface area contributed by atoms with Gasteiger partial charge in [0.05, 0.1) is 21.0 Å². The summed E-state index contributed by atoms with van der Waals surface area (Å²) in [6.07, 6.45) is 5.73. The number of carbonyl (C=O) groups is 3. The molecule has 0 saturated carbocycles. The van der Waals surface area contributed by atoms with Gasteiger partial charge in [-0.25, -0.2) is 18.2 Å². The molecular formula is C39H33F3N6O4S. The van der Waals surface area contributed by atoms with E-state index >= 15 is 0 Å². The summed E-state index contributed by atoms with van der Waals surface area (Å²) in [7, 11) is 0. The number of aryl methyl sites for hydroxylation is 1. The molecule has 6 heterocycles. The van der Waals surface area contributed by atoms with Gasteiger partial charge in [0.1, 0.15) is 23.0 Å². The van der Waals surface area contributed by atoms with Crippen LogP contribution in [0.3, 0.4) is 0 Å². The summed E-state index contributed by atoms with van der Waals surface area (Å²) in [5, 5.41) is 5.17. The number of nitrogens with zero attached hydrogens (tertiary/aromatic N) is 4. The molecule has 3 aliphatic heterocycles. The first kappa shape index (κ1) is 34.5. The van der Waals surface area contributed by atoms with Gasteiger partial charge in [-0.2, -0.15) is 0 Å². The monoisotopic (exact) mass is 738 g/mol. The largest absolute Gasteiger partial charge is 0.381 e. The quantitative estimate of drug-likeness (QED) is 0.189. The summed E-state index contributed by atoms with van der Waals surface area (Å²) in [5.74, 6) is -4.23. The van der Waals surface area contributed by atoms with Crippen molar-refractivity contribution in [2.45, 2.75) is 26.2 Å². The molecule has 3 amide bonds. The van der Waals surface area contributed by atoms with Gasteiger partial charge in [-0.05, 0) is 85.8 Å². The minimum Gasteiger partial charge on any atom is -0.381 e. The van der Waals surface area contributed by atoms with Crippen molar-refractivity contribution < 1.29 is 32.3 Å². The second-order valence-electron chi connectivity index (χ2n) is 13.6. The molecule has 0 atom stereocenters. The Morgan fingerprint density at radius 2 is 1.64 bits per heavy atom. The SMILES string of the molecule is Cc1cnc(N2CC3(CCOCC3)C2)c(C(=O)Nc2ccc(C(=O)N3CCc4cc(C(=O)Nc5c(F)cc(F)cc5F)sc4-c4ncccc43)cc2)c1. The van der Waals surface area contributed by atoms with E-state index in [9.17, 15) is 27.6 Å². The summed E-state index contributed by atoms with van der Waals surface area (Å²) in [6, 6.07) is 14.6. The molecule has 0 unspecified atom stereocenters. The molecule has 3 aliphatic rings. The Balaban J connectivity index is 0.975. The smallest absolute Gasteiger partial charge is 0.265 e. The standard InChI is InChI=1S/C39H33F3N6O4S/c1-22-15-27(35(44-19-22)47-20-39(21-47)9-13-52-14-10-39)36(49)45-26-6-4-23(5-7-26)38(51)48-12-8-24-16-31(53-34(24)33-30(48)3-2-11-43-33)37(50)46-32-28(41)17-25(40)18-29(32)42/h2-7,11,15-19H,8-10,12-14,20-21H2,1H3,(H,45,49)(H,46,50). The van der Waals surface area contributed by atoms with Crippen LogP contribution < -0.4 is 20.4 Å². The molecule has 0 radical (unpaired) electrons. The molecule has 53 heavy (non-hydrogen) atoms. The van der Waals surface area contributed by atoms with Gasteiger partial charge in [-0.1, -0.05) is 0 Å². The van der Waals surface area contributed by atoms with E-state index in [1.165, 1.54) is 0 Å². The van der Waals surface area contributed by atoms with E-state index in [4.69, 9.17) is 4.74 Å². The van der Waals surface area contributed by atoms with Crippen LogP contribution >= 0.6 is 11.3 Å². The Morgan fingerprint density at radius 3 is 2.38 bits per heavy atom. The highest BCUT2D eigenvalue weighted by molar-refractivity contribution is 7.17. The highest BCUT2D eigenvalue weighted by atomic mass is 32.1. The number of ether oxygens (including phenoxy) is 1. The Hall–Kier alpha value is -5.60. The van der Waals surface area contributed by atoms with E-state index in [0.717, 1.165) is 61.6 Å². The lowest BCUT2D eigenvalue weighted by Gasteiger charge is -2.53. The van der Waals surface area contributed by atoms with E-state index < -0.39 is 29.0 Å². The first-order valence-electron chi connectivity index (χ1n) is 17.1. The van der Waals surface area contributed by atoms with Crippen LogP contribution in [0, 0.1) is 29.8 Å². The third-order valence-corrected chi connectivity index (χ3v) is 11.1. The first-order chi connectivity index (χ1) is 25.6. The van der Waals surface area contributed by atoms with Crippen molar-refractivity contribution in [1.29, 1.82) is 0 Å². The number of fused-ring (bicyclic) bond motifs is 3. The van der Waals surface area contributed by atoms with Crippen molar-refractivity contribution in [2.75, 3.05) is 53.3 Å². The molecule has 0 aliphatic carbocycles. The van der Waals surface area contributed by atoms with Crippen LogP contribution in [0.15, 0.2) is 73.1 Å². The predicted molar refractivity (Wildman–Crippen MR) is 195 cm³/mol. The normalized spacial score (nSPS) is 15.9. The van der Waals surface area contributed by atoms with E-state index in [-0.39, 0.29) is 28.7 Å². The number of anilines is 4. The minimum atomic E-state index is -1.23. The summed E-state index contributed by atoms with van der Waals surface area (Å²) in [4.78, 5) is 54.3. The molecule has 3 aromatic heterocycles. The summed E-state index contributed by atoms with van der Waals surface area (Å²) in [5.41, 5.74) is 3.50. The number of pyridine rings is 2. The van der Waals surface area contributed by atoms with E-state index in [0.29, 0.717) is 57.4 Å². The van der Waals surface area contributed by atoms with Gasteiger partial charge in [-0.3, -0.25) is 19.4 Å². The van der Waals surface area contributed by atoms with Crippen LogP contribution in [0.2, 0.25) is 0 Å². The van der Waals surface area contributed by atoms with Crippen molar-refractivity contribution in [3.8, 4) is 10.6 Å². The molecule has 2 fully saturated rings. The second-order valence-corrected chi connectivity index (χ2v) is 14.7. The van der Waals surface area contributed by atoms with Gasteiger partial charge >= 0.3 is 0 Å². The molecule has 0 bridgehead atoms. The topological polar surface area (TPSA) is 117 Å². The molecular weight excluding hydrogens is 706 g/mol. The number of benzene rings is 2. The molecule has 2 N–H and O–H groups in total. The van der Waals surface area contributed by atoms with Crippen molar-refractivity contribution in [2.24, 2.45) is 5.41 Å². The molecule has 270 valence electrons. The van der Waals surface area contributed by atoms with Crippen LogP contribution in [0.4, 0.5) is 36.1 Å². The van der Waals surface area contributed by atoms with Gasteiger partial charge in [0.15, 0.2) is 11.6 Å². The molecule has 2 aromatic carbocycles. The van der Waals surface area contributed by atoms with Crippen LogP contribution in [0.1, 0.15) is 54.4 Å². The number of hydrogen-bond acceptors (Lipinski definition) is 8. The minimum absolute atomic E-state index is 0.175. The van der Waals surface area contributed by atoms with E-state index in [1.807, 2.05) is 13.0 Å². The maximum Gasteiger partial charge on any atom is 0.265 e. The maximum atomic E-state index is 14.2. The Bertz CT molecular complexity index is 2240. The van der Waals surface area contributed by atoms with Gasteiger partial charge < -0.3 is 25.2 Å². The van der Waals surface area contributed by atoms with Crippen molar-refractivity contribution >= 4 is 51.9 Å². The average Bonchev–Trinajstić information content (AvgIpc) is 3.50. The number of rotatable bonds is 6. The lowest BCUT2D eigenvalue weighted by atomic mass is 9.73. The third kappa shape index (κ3) is 6.64. The lowest BCUT2D eigenvalue weighted by Crippen LogP contribution is -2.59. The number of halogens is 3. The number of thiophene rings is 1. The zero-order valence-electron chi connectivity index (χ0n) is 28.5. The predicted octanol–water partition coefficient (Wildman–Crippen LogP) is 7.26. The second kappa shape index (κ2) is 13.7. The van der Waals surface area contributed by atoms with Crippen LogP contribution in [0.25, 0.3) is 10.6 Å². The Labute approximate surface area is 306 Å². The van der Waals surface area contributed by atoms with Crippen molar-refractivity contribution in [3.63, 3.8) is 0 Å². The number of nitrogens with one attached hydrogen (secondary N) is 2. The van der Waals surface area contributed by atoms with Crippen molar-refractivity contribution in [1.82, 2.24) is 9.97 Å². The van der Waals surface area contributed by atoms with E-state index in [2.05, 4.69) is 25.5 Å². The number of carbonyl (C=O) groups excluding carboxylic acids is 3. The molecule has 8 rings (SSSR count). The first-order valence-corrected chi connectivity index (χ1v) is 18.0. The van der Waals surface area contributed by atoms with Gasteiger partial charge in [0.2, 0.25) is 0 Å². The third-order valence-electron chi connectivity index (χ3n) is 9.96. The highest BCUT2D eigenvalue weighted by Crippen LogP contribution is 2.43. The number of amides is 3. The maximum absolute atomic E-state index is 14.2.